The van der Waals surface area contributed by atoms with Gasteiger partial charge in [-0.2, -0.15) is 0 Å². The summed E-state index contributed by atoms with van der Waals surface area (Å²) in [5, 5.41) is 0. The summed E-state index contributed by atoms with van der Waals surface area (Å²) in [7, 11) is 0. The van der Waals surface area contributed by atoms with Crippen molar-refractivity contribution in [1.29, 1.82) is 0 Å². The molecule has 0 unspecified atom stereocenters. The maximum atomic E-state index is 11.5. The molecular formula is C14H18O2. The van der Waals surface area contributed by atoms with Crippen molar-refractivity contribution < 1.29 is 9.53 Å². The minimum Gasteiger partial charge on any atom is -0.494 e. The predicted octanol–water partition coefficient (Wildman–Crippen LogP) is 3.62. The number of allylic oxidation sites excluding steroid dienone is 1. The second-order valence-electron chi connectivity index (χ2n) is 3.58. The molecule has 1 aromatic rings. The number of hydrogen-bond donors (Lipinski definition) is 0. The molecule has 2 nitrogen and oxygen atoms in total. The molecule has 0 aliphatic heterocycles. The zero-order valence-electron chi connectivity index (χ0n) is 9.74. The predicted molar refractivity (Wildman–Crippen MR) is 66.0 cm³/mol. The molecular weight excluding hydrogens is 200 g/mol. The fourth-order valence-electron chi connectivity index (χ4n) is 1.38. The smallest absolute Gasteiger partial charge is 0.162 e. The highest BCUT2D eigenvalue weighted by atomic mass is 16.5. The third-order valence-corrected chi connectivity index (χ3v) is 2.30. The van der Waals surface area contributed by atoms with Crippen LogP contribution in [0.15, 0.2) is 36.9 Å². The maximum absolute atomic E-state index is 11.5. The molecule has 0 atom stereocenters. The zero-order chi connectivity index (χ0) is 11.8. The number of benzene rings is 1. The molecule has 0 spiro atoms. The average molecular weight is 218 g/mol. The largest absolute Gasteiger partial charge is 0.494 e. The molecule has 0 saturated heterocycles. The van der Waals surface area contributed by atoms with Crippen molar-refractivity contribution in [3.63, 3.8) is 0 Å². The molecule has 0 aliphatic carbocycles. The van der Waals surface area contributed by atoms with Gasteiger partial charge in [-0.05, 0) is 25.0 Å². The van der Waals surface area contributed by atoms with E-state index in [-0.39, 0.29) is 5.78 Å². The summed E-state index contributed by atoms with van der Waals surface area (Å²) in [6.45, 7) is 6.18. The van der Waals surface area contributed by atoms with Crippen molar-refractivity contribution in [1.82, 2.24) is 0 Å². The van der Waals surface area contributed by atoms with Crippen LogP contribution < -0.4 is 4.74 Å². The van der Waals surface area contributed by atoms with Crippen LogP contribution in [0, 0.1) is 0 Å². The van der Waals surface area contributed by atoms with E-state index < -0.39 is 0 Å². The molecule has 1 rings (SSSR count). The van der Waals surface area contributed by atoms with Crippen LogP contribution in [0.25, 0.3) is 0 Å². The number of Topliss-reactive ketones (excluding diaryl/α,β-unsaturated/α-hetero) is 1. The van der Waals surface area contributed by atoms with Crippen LogP contribution in [0.1, 0.15) is 36.5 Å². The number of ketones is 1. The molecule has 0 fully saturated rings. The Bertz CT molecular complexity index is 356. The SMILES string of the molecule is C=CCCCOc1cccc(C(=O)CC)c1. The van der Waals surface area contributed by atoms with Gasteiger partial charge in [0.05, 0.1) is 6.61 Å². The second-order valence-corrected chi connectivity index (χ2v) is 3.58. The molecule has 0 radical (unpaired) electrons. The van der Waals surface area contributed by atoms with Crippen LogP contribution in [0.2, 0.25) is 0 Å². The van der Waals surface area contributed by atoms with E-state index in [0.29, 0.717) is 13.0 Å². The van der Waals surface area contributed by atoms with Gasteiger partial charge in [-0.1, -0.05) is 25.1 Å². The monoisotopic (exact) mass is 218 g/mol. The Morgan fingerprint density at radius 2 is 2.31 bits per heavy atom. The first kappa shape index (κ1) is 12.5. The average Bonchev–Trinajstić information content (AvgIpc) is 2.34. The topological polar surface area (TPSA) is 26.3 Å². The summed E-state index contributed by atoms with van der Waals surface area (Å²) in [5.41, 5.74) is 0.726. The summed E-state index contributed by atoms with van der Waals surface area (Å²) in [6, 6.07) is 7.36. The lowest BCUT2D eigenvalue weighted by Crippen LogP contribution is -2.00. The Balaban J connectivity index is 2.53. The van der Waals surface area contributed by atoms with E-state index in [1.807, 2.05) is 31.2 Å². The molecule has 0 aliphatic rings. The summed E-state index contributed by atoms with van der Waals surface area (Å²) >= 11 is 0. The summed E-state index contributed by atoms with van der Waals surface area (Å²) in [6.07, 6.45) is 4.31. The van der Waals surface area contributed by atoms with Crippen LogP contribution in [0.3, 0.4) is 0 Å². The Morgan fingerprint density at radius 3 is 3.00 bits per heavy atom. The van der Waals surface area contributed by atoms with Crippen molar-refractivity contribution in [2.24, 2.45) is 0 Å². The number of rotatable bonds is 7. The van der Waals surface area contributed by atoms with Crippen LogP contribution in [-0.4, -0.2) is 12.4 Å². The Kier molecular flexibility index (Phi) is 5.34. The highest BCUT2D eigenvalue weighted by molar-refractivity contribution is 5.96. The highest BCUT2D eigenvalue weighted by Crippen LogP contribution is 2.15. The summed E-state index contributed by atoms with van der Waals surface area (Å²) in [4.78, 5) is 11.5. The van der Waals surface area contributed by atoms with Crippen LogP contribution >= 0.6 is 0 Å². The lowest BCUT2D eigenvalue weighted by Gasteiger charge is -2.06. The molecule has 0 aromatic heterocycles. The van der Waals surface area contributed by atoms with Gasteiger partial charge in [0.2, 0.25) is 0 Å². The number of hydrogen-bond acceptors (Lipinski definition) is 2. The maximum Gasteiger partial charge on any atom is 0.162 e. The van der Waals surface area contributed by atoms with Crippen LogP contribution in [-0.2, 0) is 0 Å². The summed E-state index contributed by atoms with van der Waals surface area (Å²) in [5.74, 6) is 0.917. The van der Waals surface area contributed by atoms with Gasteiger partial charge in [0, 0.05) is 12.0 Å². The van der Waals surface area contributed by atoms with Crippen molar-refractivity contribution >= 4 is 5.78 Å². The fourth-order valence-corrected chi connectivity index (χ4v) is 1.38. The normalized spacial score (nSPS) is 9.81. The Hall–Kier alpha value is -1.57. The zero-order valence-corrected chi connectivity index (χ0v) is 9.74. The first-order valence-electron chi connectivity index (χ1n) is 5.65. The van der Waals surface area contributed by atoms with E-state index in [1.54, 1.807) is 6.07 Å². The second kappa shape index (κ2) is 6.83. The lowest BCUT2D eigenvalue weighted by molar-refractivity contribution is 0.0987. The van der Waals surface area contributed by atoms with Gasteiger partial charge in [0.1, 0.15) is 5.75 Å². The quantitative estimate of drug-likeness (QED) is 0.397. The molecule has 0 heterocycles. The lowest BCUT2D eigenvalue weighted by atomic mass is 10.1. The van der Waals surface area contributed by atoms with Gasteiger partial charge >= 0.3 is 0 Å². The molecule has 0 saturated carbocycles. The number of carbonyl (C=O) groups excluding carboxylic acids is 1. The van der Waals surface area contributed by atoms with Crippen molar-refractivity contribution in [3.8, 4) is 5.75 Å². The van der Waals surface area contributed by atoms with Crippen LogP contribution in [0.5, 0.6) is 5.75 Å². The van der Waals surface area contributed by atoms with Crippen molar-refractivity contribution in [2.45, 2.75) is 26.2 Å². The van der Waals surface area contributed by atoms with Gasteiger partial charge in [-0.25, -0.2) is 0 Å². The third kappa shape index (κ3) is 3.89. The van der Waals surface area contributed by atoms with E-state index >= 15 is 0 Å². The molecule has 0 bridgehead atoms. The van der Waals surface area contributed by atoms with E-state index in [1.165, 1.54) is 0 Å². The minimum absolute atomic E-state index is 0.150. The number of unbranched alkanes of at least 4 members (excludes halogenated alkanes) is 1. The molecule has 0 amide bonds. The first-order chi connectivity index (χ1) is 7.77. The Morgan fingerprint density at radius 1 is 1.50 bits per heavy atom. The van der Waals surface area contributed by atoms with Gasteiger partial charge in [0.25, 0.3) is 0 Å². The van der Waals surface area contributed by atoms with E-state index in [0.717, 1.165) is 24.2 Å². The number of carbonyl (C=O) groups is 1. The Labute approximate surface area is 96.9 Å². The van der Waals surface area contributed by atoms with Crippen LogP contribution in [0.4, 0.5) is 0 Å². The van der Waals surface area contributed by atoms with E-state index in [9.17, 15) is 4.79 Å². The van der Waals surface area contributed by atoms with Gasteiger partial charge in [-0.15, -0.1) is 6.58 Å². The molecule has 16 heavy (non-hydrogen) atoms. The van der Waals surface area contributed by atoms with Gasteiger partial charge in [-0.3, -0.25) is 4.79 Å². The first-order valence-corrected chi connectivity index (χ1v) is 5.65. The van der Waals surface area contributed by atoms with E-state index in [2.05, 4.69) is 6.58 Å². The van der Waals surface area contributed by atoms with Gasteiger partial charge < -0.3 is 4.74 Å². The van der Waals surface area contributed by atoms with E-state index in [4.69, 9.17) is 4.74 Å². The van der Waals surface area contributed by atoms with Crippen molar-refractivity contribution in [3.05, 3.63) is 42.5 Å². The molecule has 2 heteroatoms. The van der Waals surface area contributed by atoms with Crippen molar-refractivity contribution in [2.75, 3.05) is 6.61 Å². The summed E-state index contributed by atoms with van der Waals surface area (Å²) < 4.78 is 5.54. The number of ether oxygens (including phenoxy) is 1. The van der Waals surface area contributed by atoms with Gasteiger partial charge in [0.15, 0.2) is 5.78 Å². The molecule has 1 aromatic carbocycles. The molecule has 86 valence electrons. The standard InChI is InChI=1S/C14H18O2/c1-3-5-6-10-16-13-9-7-8-12(11-13)14(15)4-2/h3,7-9,11H,1,4-6,10H2,2H3. The third-order valence-electron chi connectivity index (χ3n) is 2.30. The molecule has 0 N–H and O–H groups in total. The highest BCUT2D eigenvalue weighted by Gasteiger charge is 2.03. The minimum atomic E-state index is 0.150. The fraction of sp³-hybridized carbons (Fsp3) is 0.357.